The number of carboxylic acids is 1. The lowest BCUT2D eigenvalue weighted by molar-refractivity contribution is -0.255. The highest BCUT2D eigenvalue weighted by Crippen LogP contribution is 2.14. The number of allylic oxidation sites excluding steroid dienone is 2. The van der Waals surface area contributed by atoms with Gasteiger partial charge in [0, 0.05) is 23.0 Å². The molecule has 2 aromatic carbocycles. The lowest BCUT2D eigenvalue weighted by Crippen LogP contribution is -2.21. The SMILES string of the molecule is COc1ccc(C(=O)/C=C(\C)Nc2ccc(C(=O)[O-])cc2)cc1. The van der Waals surface area contributed by atoms with Gasteiger partial charge < -0.3 is 20.0 Å². The smallest absolute Gasteiger partial charge is 0.187 e. The molecule has 5 heteroatoms. The van der Waals surface area contributed by atoms with Gasteiger partial charge in [0.05, 0.1) is 13.1 Å². The number of ether oxygens (including phenoxy) is 1. The predicted octanol–water partition coefficient (Wildman–Crippen LogP) is 2.26. The monoisotopic (exact) mass is 310 g/mol. The summed E-state index contributed by atoms with van der Waals surface area (Å²) in [6.45, 7) is 1.76. The van der Waals surface area contributed by atoms with Gasteiger partial charge in [0.1, 0.15) is 5.75 Å². The second kappa shape index (κ2) is 7.26. The number of hydrogen-bond donors (Lipinski definition) is 1. The summed E-state index contributed by atoms with van der Waals surface area (Å²) in [4.78, 5) is 22.8. The van der Waals surface area contributed by atoms with E-state index in [1.165, 1.54) is 18.2 Å². The van der Waals surface area contributed by atoms with Crippen molar-refractivity contribution in [2.75, 3.05) is 12.4 Å². The summed E-state index contributed by atoms with van der Waals surface area (Å²) in [5.74, 6) is -0.670. The molecule has 118 valence electrons. The van der Waals surface area contributed by atoms with Crippen LogP contribution >= 0.6 is 0 Å². The Morgan fingerprint density at radius 1 is 1.00 bits per heavy atom. The summed E-state index contributed by atoms with van der Waals surface area (Å²) in [5.41, 5.74) is 1.99. The largest absolute Gasteiger partial charge is 0.545 e. The molecule has 0 bridgehead atoms. The molecular weight excluding hydrogens is 294 g/mol. The zero-order valence-electron chi connectivity index (χ0n) is 12.8. The third-order valence-electron chi connectivity index (χ3n) is 3.18. The first-order valence-electron chi connectivity index (χ1n) is 6.94. The second-order valence-electron chi connectivity index (χ2n) is 4.91. The van der Waals surface area contributed by atoms with E-state index in [2.05, 4.69) is 5.32 Å². The van der Waals surface area contributed by atoms with E-state index in [-0.39, 0.29) is 11.3 Å². The summed E-state index contributed by atoms with van der Waals surface area (Å²) >= 11 is 0. The molecule has 0 aliphatic rings. The van der Waals surface area contributed by atoms with Crippen LogP contribution in [0.15, 0.2) is 60.3 Å². The van der Waals surface area contributed by atoms with Crippen molar-refractivity contribution in [1.82, 2.24) is 0 Å². The van der Waals surface area contributed by atoms with Crippen molar-refractivity contribution in [2.24, 2.45) is 0 Å². The second-order valence-corrected chi connectivity index (χ2v) is 4.91. The fraction of sp³-hybridized carbons (Fsp3) is 0.111. The Balaban J connectivity index is 2.06. The molecule has 0 atom stereocenters. The van der Waals surface area contributed by atoms with Crippen LogP contribution in [-0.4, -0.2) is 18.9 Å². The number of rotatable bonds is 6. The van der Waals surface area contributed by atoms with E-state index in [1.54, 1.807) is 50.4 Å². The topological polar surface area (TPSA) is 78.5 Å². The number of methoxy groups -OCH3 is 1. The lowest BCUT2D eigenvalue weighted by atomic mass is 10.1. The number of hydrogen-bond acceptors (Lipinski definition) is 5. The summed E-state index contributed by atoms with van der Waals surface area (Å²) in [6, 6.07) is 12.9. The van der Waals surface area contributed by atoms with Crippen molar-refractivity contribution in [3.8, 4) is 5.75 Å². The molecule has 23 heavy (non-hydrogen) atoms. The maximum Gasteiger partial charge on any atom is 0.187 e. The van der Waals surface area contributed by atoms with Gasteiger partial charge in [0.15, 0.2) is 5.78 Å². The molecule has 0 fully saturated rings. The minimum Gasteiger partial charge on any atom is -0.545 e. The Morgan fingerprint density at radius 2 is 1.57 bits per heavy atom. The molecule has 0 spiro atoms. The molecule has 0 aliphatic heterocycles. The van der Waals surface area contributed by atoms with E-state index in [9.17, 15) is 14.7 Å². The first kappa shape index (κ1) is 16.3. The fourth-order valence-corrected chi connectivity index (χ4v) is 1.99. The van der Waals surface area contributed by atoms with Crippen LogP contribution in [0.1, 0.15) is 27.6 Å². The van der Waals surface area contributed by atoms with Crippen LogP contribution in [0.25, 0.3) is 0 Å². The number of nitrogens with one attached hydrogen (secondary N) is 1. The van der Waals surface area contributed by atoms with Crippen molar-refractivity contribution in [1.29, 1.82) is 0 Å². The van der Waals surface area contributed by atoms with Gasteiger partial charge in [-0.2, -0.15) is 0 Å². The number of carboxylic acid groups (broad SMARTS) is 1. The molecule has 0 aliphatic carbocycles. The average Bonchev–Trinajstić information content (AvgIpc) is 2.55. The van der Waals surface area contributed by atoms with Crippen molar-refractivity contribution in [3.05, 3.63) is 71.4 Å². The fourth-order valence-electron chi connectivity index (χ4n) is 1.99. The van der Waals surface area contributed by atoms with Crippen LogP contribution in [0.3, 0.4) is 0 Å². The zero-order chi connectivity index (χ0) is 16.8. The quantitative estimate of drug-likeness (QED) is 0.654. The van der Waals surface area contributed by atoms with Crippen molar-refractivity contribution in [3.63, 3.8) is 0 Å². The number of benzene rings is 2. The normalized spacial score (nSPS) is 11.0. The van der Waals surface area contributed by atoms with Crippen LogP contribution in [0, 0.1) is 0 Å². The zero-order valence-corrected chi connectivity index (χ0v) is 12.8. The highest BCUT2D eigenvalue weighted by atomic mass is 16.5. The van der Waals surface area contributed by atoms with E-state index < -0.39 is 5.97 Å². The molecule has 0 radical (unpaired) electrons. The van der Waals surface area contributed by atoms with Crippen molar-refractivity contribution in [2.45, 2.75) is 6.92 Å². The van der Waals surface area contributed by atoms with Gasteiger partial charge in [0.2, 0.25) is 0 Å². The van der Waals surface area contributed by atoms with E-state index >= 15 is 0 Å². The average molecular weight is 310 g/mol. The molecule has 0 unspecified atom stereocenters. The number of carbonyl (C=O) groups excluding carboxylic acids is 2. The highest BCUT2D eigenvalue weighted by Gasteiger charge is 2.04. The minimum absolute atomic E-state index is 0.103. The number of carbonyl (C=O) groups is 2. The molecule has 0 amide bonds. The molecule has 0 saturated carbocycles. The number of ketones is 1. The van der Waals surface area contributed by atoms with Crippen molar-refractivity contribution < 1.29 is 19.4 Å². The Morgan fingerprint density at radius 3 is 2.09 bits per heavy atom. The Labute approximate surface area is 134 Å². The Kier molecular flexibility index (Phi) is 5.15. The summed E-state index contributed by atoms with van der Waals surface area (Å²) < 4.78 is 5.05. The molecule has 0 saturated heterocycles. The molecule has 2 rings (SSSR count). The van der Waals surface area contributed by atoms with E-state index in [4.69, 9.17) is 4.74 Å². The van der Waals surface area contributed by atoms with Crippen LogP contribution in [0.5, 0.6) is 5.75 Å². The first-order chi connectivity index (χ1) is 11.0. The van der Waals surface area contributed by atoms with Gasteiger partial charge in [-0.3, -0.25) is 4.79 Å². The van der Waals surface area contributed by atoms with Crippen LogP contribution in [0.2, 0.25) is 0 Å². The molecule has 0 heterocycles. The third-order valence-corrected chi connectivity index (χ3v) is 3.18. The summed E-state index contributed by atoms with van der Waals surface area (Å²) in [7, 11) is 1.57. The van der Waals surface area contributed by atoms with Gasteiger partial charge in [0.25, 0.3) is 0 Å². The number of anilines is 1. The Hall–Kier alpha value is -3.08. The summed E-state index contributed by atoms with van der Waals surface area (Å²) in [6.07, 6.45) is 1.48. The van der Waals surface area contributed by atoms with Crippen LogP contribution in [-0.2, 0) is 0 Å². The van der Waals surface area contributed by atoms with Gasteiger partial charge in [-0.05, 0) is 48.9 Å². The molecular formula is C18H16NO4-. The number of aromatic carboxylic acids is 1. The maximum atomic E-state index is 12.1. The van der Waals surface area contributed by atoms with Crippen LogP contribution in [0.4, 0.5) is 5.69 Å². The van der Waals surface area contributed by atoms with Crippen LogP contribution < -0.4 is 15.2 Å². The maximum absolute atomic E-state index is 12.1. The predicted molar refractivity (Wildman–Crippen MR) is 85.5 cm³/mol. The van der Waals surface area contributed by atoms with Crippen molar-refractivity contribution >= 4 is 17.4 Å². The lowest BCUT2D eigenvalue weighted by Gasteiger charge is -2.08. The molecule has 2 aromatic rings. The van der Waals surface area contributed by atoms with E-state index in [0.717, 1.165) is 0 Å². The summed E-state index contributed by atoms with van der Waals surface area (Å²) in [5, 5.41) is 13.7. The molecule has 1 N–H and O–H groups in total. The highest BCUT2D eigenvalue weighted by molar-refractivity contribution is 6.05. The van der Waals surface area contributed by atoms with Gasteiger partial charge in [-0.15, -0.1) is 0 Å². The molecule has 5 nitrogen and oxygen atoms in total. The van der Waals surface area contributed by atoms with Gasteiger partial charge in [-0.25, -0.2) is 0 Å². The standard InChI is InChI=1S/C18H17NO4/c1-12(19-15-7-3-14(4-8-15)18(21)22)11-17(20)13-5-9-16(23-2)10-6-13/h3-11,19H,1-2H3,(H,21,22)/p-1/b12-11+. The third kappa shape index (κ3) is 4.44. The Bertz CT molecular complexity index is 731. The van der Waals surface area contributed by atoms with E-state index in [0.29, 0.717) is 22.7 Å². The van der Waals surface area contributed by atoms with E-state index in [1.807, 2.05) is 0 Å². The molecule has 0 aromatic heterocycles. The first-order valence-corrected chi connectivity index (χ1v) is 6.94. The van der Waals surface area contributed by atoms with Gasteiger partial charge >= 0.3 is 0 Å². The minimum atomic E-state index is -1.22. The van der Waals surface area contributed by atoms with Gasteiger partial charge in [-0.1, -0.05) is 12.1 Å².